The number of fused-ring (bicyclic) bond motifs is 1. The summed E-state index contributed by atoms with van der Waals surface area (Å²) in [5.41, 5.74) is 3.14. The molecule has 1 aliphatic carbocycles. The highest BCUT2D eigenvalue weighted by Gasteiger charge is 2.34. The SMILES string of the molecule is CC(C)N(C)C(=O)c1cc(F)ccc1-n1cc(C2CCN(CC3CC(CS(C)(=O)=O)C3)CC2)c2ccncc21. The molecule has 7 nitrogen and oxygen atoms in total. The summed E-state index contributed by atoms with van der Waals surface area (Å²) in [6, 6.07) is 6.45. The molecular formula is C30H39FN4O3S. The minimum atomic E-state index is -2.89. The van der Waals surface area contributed by atoms with Crippen LogP contribution in [-0.4, -0.2) is 78.4 Å². The number of halogens is 1. The first-order valence-corrected chi connectivity index (χ1v) is 16.0. The number of benzene rings is 1. The van der Waals surface area contributed by atoms with Crippen molar-refractivity contribution < 1.29 is 17.6 Å². The maximum Gasteiger partial charge on any atom is 0.256 e. The third-order valence-electron chi connectivity index (χ3n) is 8.60. The highest BCUT2D eigenvalue weighted by Crippen LogP contribution is 2.39. The van der Waals surface area contributed by atoms with Crippen molar-refractivity contribution in [2.75, 3.05) is 38.7 Å². The van der Waals surface area contributed by atoms with Crippen molar-refractivity contribution in [1.29, 1.82) is 0 Å². The number of carbonyl (C=O) groups is 1. The molecule has 1 aliphatic heterocycles. The van der Waals surface area contributed by atoms with Crippen LogP contribution in [0.25, 0.3) is 16.6 Å². The van der Waals surface area contributed by atoms with E-state index in [1.807, 2.05) is 30.7 Å². The molecule has 3 aromatic rings. The Bertz CT molecular complexity index is 1450. The van der Waals surface area contributed by atoms with Gasteiger partial charge in [0.1, 0.15) is 15.7 Å². The summed E-state index contributed by atoms with van der Waals surface area (Å²) in [4.78, 5) is 21.8. The van der Waals surface area contributed by atoms with Gasteiger partial charge in [-0.15, -0.1) is 0 Å². The molecule has 1 amide bonds. The van der Waals surface area contributed by atoms with Crippen LogP contribution in [0.1, 0.15) is 61.4 Å². The monoisotopic (exact) mass is 554 g/mol. The molecule has 1 saturated carbocycles. The Morgan fingerprint density at radius 2 is 1.87 bits per heavy atom. The number of hydrogen-bond donors (Lipinski definition) is 0. The molecule has 0 N–H and O–H groups in total. The summed E-state index contributed by atoms with van der Waals surface area (Å²) >= 11 is 0. The van der Waals surface area contributed by atoms with Crippen molar-refractivity contribution in [2.24, 2.45) is 11.8 Å². The number of piperidine rings is 1. The molecular weight excluding hydrogens is 515 g/mol. The smallest absolute Gasteiger partial charge is 0.256 e. The van der Waals surface area contributed by atoms with Crippen LogP contribution in [-0.2, 0) is 9.84 Å². The minimum absolute atomic E-state index is 0.0112. The zero-order valence-corrected chi connectivity index (χ0v) is 24.1. The predicted octanol–water partition coefficient (Wildman–Crippen LogP) is 4.90. The van der Waals surface area contributed by atoms with Crippen LogP contribution in [0.3, 0.4) is 0 Å². The second kappa shape index (κ2) is 11.0. The lowest BCUT2D eigenvalue weighted by molar-refractivity contribution is 0.0754. The Morgan fingerprint density at radius 1 is 1.15 bits per heavy atom. The van der Waals surface area contributed by atoms with Crippen LogP contribution in [0.2, 0.25) is 0 Å². The second-order valence-corrected chi connectivity index (χ2v) is 14.1. The van der Waals surface area contributed by atoms with Gasteiger partial charge in [0.05, 0.1) is 28.7 Å². The van der Waals surface area contributed by atoms with E-state index in [2.05, 4.69) is 16.1 Å². The maximum absolute atomic E-state index is 14.3. The fourth-order valence-corrected chi connectivity index (χ4v) is 7.45. The zero-order chi connectivity index (χ0) is 27.9. The third kappa shape index (κ3) is 6.04. The van der Waals surface area contributed by atoms with Crippen LogP contribution >= 0.6 is 0 Å². The number of sulfone groups is 1. The quantitative estimate of drug-likeness (QED) is 0.396. The van der Waals surface area contributed by atoms with Gasteiger partial charge in [0.2, 0.25) is 0 Å². The molecule has 2 fully saturated rings. The average molecular weight is 555 g/mol. The lowest BCUT2D eigenvalue weighted by Crippen LogP contribution is -2.41. The summed E-state index contributed by atoms with van der Waals surface area (Å²) in [5, 5.41) is 1.12. The summed E-state index contributed by atoms with van der Waals surface area (Å²) in [6.45, 7) is 6.94. The summed E-state index contributed by atoms with van der Waals surface area (Å²) in [6.07, 6.45) is 11.2. The van der Waals surface area contributed by atoms with Gasteiger partial charge in [-0.2, -0.15) is 0 Å². The average Bonchev–Trinajstić information content (AvgIpc) is 3.25. The van der Waals surface area contributed by atoms with E-state index in [0.29, 0.717) is 34.8 Å². The lowest BCUT2D eigenvalue weighted by atomic mass is 9.75. The molecule has 0 atom stereocenters. The van der Waals surface area contributed by atoms with E-state index in [-0.39, 0.29) is 11.9 Å². The van der Waals surface area contributed by atoms with E-state index in [4.69, 9.17) is 0 Å². The minimum Gasteiger partial charge on any atom is -0.339 e. The van der Waals surface area contributed by atoms with E-state index in [1.54, 1.807) is 24.2 Å². The third-order valence-corrected chi connectivity index (χ3v) is 9.67. The Morgan fingerprint density at radius 3 is 2.54 bits per heavy atom. The number of nitrogens with zero attached hydrogens (tertiary/aromatic N) is 4. The Hall–Kier alpha value is -2.78. The lowest BCUT2D eigenvalue weighted by Gasteiger charge is -2.40. The van der Waals surface area contributed by atoms with E-state index >= 15 is 0 Å². The van der Waals surface area contributed by atoms with Gasteiger partial charge in [-0.05, 0) is 100 Å². The van der Waals surface area contributed by atoms with Gasteiger partial charge in [-0.1, -0.05) is 0 Å². The fraction of sp³-hybridized carbons (Fsp3) is 0.533. The molecule has 1 saturated heterocycles. The number of amides is 1. The van der Waals surface area contributed by atoms with Gasteiger partial charge in [0.25, 0.3) is 5.91 Å². The molecule has 39 heavy (non-hydrogen) atoms. The molecule has 0 unspecified atom stereocenters. The van der Waals surface area contributed by atoms with Crippen LogP contribution in [0.15, 0.2) is 42.9 Å². The van der Waals surface area contributed by atoms with Crippen LogP contribution < -0.4 is 0 Å². The molecule has 0 radical (unpaired) electrons. The molecule has 2 aromatic heterocycles. The molecule has 9 heteroatoms. The first-order valence-electron chi connectivity index (χ1n) is 13.9. The zero-order valence-electron chi connectivity index (χ0n) is 23.3. The summed E-state index contributed by atoms with van der Waals surface area (Å²) < 4.78 is 39.4. The number of hydrogen-bond acceptors (Lipinski definition) is 5. The van der Waals surface area contributed by atoms with Crippen molar-refractivity contribution in [3.8, 4) is 5.69 Å². The highest BCUT2D eigenvalue weighted by atomic mass is 32.2. The standard InChI is InChI=1S/C30H39FN4O3S/c1-20(2)33(3)30(36)26-15-24(31)5-6-28(26)35-18-27(25-7-10-32-16-29(25)35)23-8-11-34(12-9-23)17-21-13-22(14-21)19-39(4,37)38/h5-7,10,15-16,18,20-23H,8-9,11-14,17,19H2,1-4H3. The van der Waals surface area contributed by atoms with Crippen LogP contribution in [0, 0.1) is 17.7 Å². The molecule has 2 aliphatic rings. The molecule has 5 rings (SSSR count). The first-order chi connectivity index (χ1) is 18.5. The number of aromatic nitrogens is 2. The number of likely N-dealkylation sites (tertiary alicyclic amines) is 1. The highest BCUT2D eigenvalue weighted by molar-refractivity contribution is 7.90. The summed E-state index contributed by atoms with van der Waals surface area (Å²) in [7, 11) is -1.15. The predicted molar refractivity (Wildman–Crippen MR) is 153 cm³/mol. The number of pyridine rings is 1. The van der Waals surface area contributed by atoms with Gasteiger partial charge in [-0.3, -0.25) is 9.78 Å². The van der Waals surface area contributed by atoms with E-state index < -0.39 is 15.7 Å². The van der Waals surface area contributed by atoms with Crippen molar-refractivity contribution in [3.63, 3.8) is 0 Å². The topological polar surface area (TPSA) is 75.5 Å². The first kappa shape index (κ1) is 27.8. The van der Waals surface area contributed by atoms with Gasteiger partial charge < -0.3 is 14.4 Å². The second-order valence-electron chi connectivity index (χ2n) is 11.9. The van der Waals surface area contributed by atoms with Crippen LogP contribution in [0.5, 0.6) is 0 Å². The van der Waals surface area contributed by atoms with Gasteiger partial charge in [0.15, 0.2) is 0 Å². The van der Waals surface area contributed by atoms with Crippen molar-refractivity contribution in [3.05, 3.63) is 59.8 Å². The number of carbonyl (C=O) groups excluding carboxylic acids is 1. The van der Waals surface area contributed by atoms with Gasteiger partial charge >= 0.3 is 0 Å². The maximum atomic E-state index is 14.3. The normalized spacial score (nSPS) is 20.9. The molecule has 0 spiro atoms. The van der Waals surface area contributed by atoms with Crippen molar-refractivity contribution in [1.82, 2.24) is 19.4 Å². The van der Waals surface area contributed by atoms with Gasteiger partial charge in [-0.25, -0.2) is 12.8 Å². The van der Waals surface area contributed by atoms with Crippen molar-refractivity contribution >= 4 is 26.6 Å². The van der Waals surface area contributed by atoms with E-state index in [1.165, 1.54) is 24.0 Å². The summed E-state index contributed by atoms with van der Waals surface area (Å²) in [5.74, 6) is 0.972. The molecule has 0 bridgehead atoms. The molecule has 1 aromatic carbocycles. The Balaban J connectivity index is 1.34. The van der Waals surface area contributed by atoms with E-state index in [9.17, 15) is 17.6 Å². The largest absolute Gasteiger partial charge is 0.339 e. The molecule has 3 heterocycles. The Kier molecular flexibility index (Phi) is 7.84. The Labute approximate surface area is 230 Å². The van der Waals surface area contributed by atoms with Crippen LogP contribution in [0.4, 0.5) is 4.39 Å². The molecule has 210 valence electrons. The number of rotatable bonds is 8. The van der Waals surface area contributed by atoms with E-state index in [0.717, 1.165) is 56.2 Å². The fourth-order valence-electron chi connectivity index (χ4n) is 6.32. The van der Waals surface area contributed by atoms with Crippen molar-refractivity contribution in [2.45, 2.75) is 51.5 Å². The van der Waals surface area contributed by atoms with Gasteiger partial charge in [0, 0.05) is 43.7 Å².